The van der Waals surface area contributed by atoms with Crippen LogP contribution in [0.15, 0.2) is 66.7 Å². The Balaban J connectivity index is 0.00000182. The predicted octanol–water partition coefficient (Wildman–Crippen LogP) is 4.06. The van der Waals surface area contributed by atoms with Crippen molar-refractivity contribution in [3.8, 4) is 5.75 Å². The molecule has 1 atom stereocenters. The van der Waals surface area contributed by atoms with E-state index in [0.717, 1.165) is 24.1 Å². The first kappa shape index (κ1) is 17.6. The smallest absolute Gasteiger partial charge is 0.120 e. The van der Waals surface area contributed by atoms with Crippen molar-refractivity contribution in [3.05, 3.63) is 72.3 Å². The van der Waals surface area contributed by atoms with E-state index in [4.69, 9.17) is 4.74 Å². The largest absolute Gasteiger partial charge is 0.491 e. The molecule has 0 fully saturated rings. The second-order valence-electron chi connectivity index (χ2n) is 6.30. The molecule has 1 unspecified atom stereocenters. The Morgan fingerprint density at radius 3 is 2.60 bits per heavy atom. The number of para-hydroxylation sites is 1. The van der Waals surface area contributed by atoms with Crippen molar-refractivity contribution in [1.82, 2.24) is 0 Å². The van der Waals surface area contributed by atoms with Crippen LogP contribution in [0.25, 0.3) is 10.8 Å². The summed E-state index contributed by atoms with van der Waals surface area (Å²) in [4.78, 5) is 2.24. The van der Waals surface area contributed by atoms with Crippen LogP contribution in [0.2, 0.25) is 0 Å². The number of aliphatic hydroxyl groups is 1. The van der Waals surface area contributed by atoms with Gasteiger partial charge in [0, 0.05) is 18.8 Å². The van der Waals surface area contributed by atoms with Crippen LogP contribution >= 0.6 is 12.4 Å². The summed E-state index contributed by atoms with van der Waals surface area (Å²) in [6, 6.07) is 22.6. The predicted molar refractivity (Wildman–Crippen MR) is 105 cm³/mol. The molecule has 25 heavy (non-hydrogen) atoms. The second-order valence-corrected chi connectivity index (χ2v) is 6.30. The summed E-state index contributed by atoms with van der Waals surface area (Å²) >= 11 is 0. The number of benzene rings is 3. The van der Waals surface area contributed by atoms with Gasteiger partial charge in [0.15, 0.2) is 0 Å². The van der Waals surface area contributed by atoms with Gasteiger partial charge in [0.2, 0.25) is 0 Å². The quantitative estimate of drug-likeness (QED) is 0.749. The molecular weight excluding hydrogens is 334 g/mol. The van der Waals surface area contributed by atoms with Crippen molar-refractivity contribution < 1.29 is 9.84 Å². The monoisotopic (exact) mass is 355 g/mol. The fourth-order valence-corrected chi connectivity index (χ4v) is 3.35. The number of hydrogen-bond donors (Lipinski definition) is 1. The molecule has 1 aliphatic heterocycles. The molecule has 4 heteroatoms. The first-order valence-corrected chi connectivity index (χ1v) is 8.42. The third-order valence-electron chi connectivity index (χ3n) is 4.58. The number of fused-ring (bicyclic) bond motifs is 2. The van der Waals surface area contributed by atoms with Gasteiger partial charge in [0.1, 0.15) is 18.5 Å². The van der Waals surface area contributed by atoms with Crippen LogP contribution in [0.5, 0.6) is 5.75 Å². The molecule has 130 valence electrons. The third-order valence-corrected chi connectivity index (χ3v) is 4.58. The van der Waals surface area contributed by atoms with E-state index in [-0.39, 0.29) is 12.4 Å². The first-order valence-electron chi connectivity index (χ1n) is 8.42. The molecule has 0 amide bonds. The average Bonchev–Trinajstić information content (AvgIpc) is 3.03. The molecule has 1 heterocycles. The Morgan fingerprint density at radius 1 is 0.960 bits per heavy atom. The Hall–Kier alpha value is -2.23. The van der Waals surface area contributed by atoms with Gasteiger partial charge in [0.05, 0.1) is 0 Å². The van der Waals surface area contributed by atoms with Crippen molar-refractivity contribution >= 4 is 28.9 Å². The number of aliphatic hydroxyl groups excluding tert-OH is 1. The van der Waals surface area contributed by atoms with Gasteiger partial charge in [0.25, 0.3) is 0 Å². The van der Waals surface area contributed by atoms with Crippen LogP contribution in [0.4, 0.5) is 5.69 Å². The number of nitrogens with zero attached hydrogens (tertiary/aromatic N) is 1. The lowest BCUT2D eigenvalue weighted by molar-refractivity contribution is 0.112. The van der Waals surface area contributed by atoms with Crippen LogP contribution in [0, 0.1) is 0 Å². The van der Waals surface area contributed by atoms with Gasteiger partial charge in [-0.25, -0.2) is 0 Å². The molecule has 3 aromatic carbocycles. The Kier molecular flexibility index (Phi) is 5.47. The maximum absolute atomic E-state index is 10.3. The van der Waals surface area contributed by atoms with Gasteiger partial charge in [-0.15, -0.1) is 12.4 Å². The number of hydrogen-bond acceptors (Lipinski definition) is 3. The Bertz CT molecular complexity index is 852. The highest BCUT2D eigenvalue weighted by molar-refractivity contribution is 5.85. The van der Waals surface area contributed by atoms with E-state index in [2.05, 4.69) is 41.3 Å². The molecule has 4 rings (SSSR count). The zero-order valence-electron chi connectivity index (χ0n) is 14.0. The molecule has 0 saturated carbocycles. The zero-order chi connectivity index (χ0) is 16.4. The fraction of sp³-hybridized carbons (Fsp3) is 0.238. The molecule has 0 aromatic heterocycles. The van der Waals surface area contributed by atoms with Crippen LogP contribution in [0.1, 0.15) is 5.56 Å². The lowest BCUT2D eigenvalue weighted by Crippen LogP contribution is -2.34. The molecular formula is C21H22ClNO2. The van der Waals surface area contributed by atoms with Gasteiger partial charge in [-0.05, 0) is 41.0 Å². The molecule has 0 aliphatic carbocycles. The van der Waals surface area contributed by atoms with Crippen molar-refractivity contribution in [1.29, 1.82) is 0 Å². The second kappa shape index (κ2) is 7.77. The van der Waals surface area contributed by atoms with Crippen molar-refractivity contribution in [3.63, 3.8) is 0 Å². The van der Waals surface area contributed by atoms with Gasteiger partial charge < -0.3 is 14.7 Å². The summed E-state index contributed by atoms with van der Waals surface area (Å²) < 4.78 is 5.80. The van der Waals surface area contributed by atoms with Crippen LogP contribution in [-0.2, 0) is 6.42 Å². The van der Waals surface area contributed by atoms with E-state index >= 15 is 0 Å². The van der Waals surface area contributed by atoms with E-state index < -0.39 is 6.10 Å². The average molecular weight is 356 g/mol. The normalized spacial score (nSPS) is 14.0. The summed E-state index contributed by atoms with van der Waals surface area (Å²) in [6.07, 6.45) is 0.539. The SMILES string of the molecule is Cl.OC(COc1ccc2ccccc2c1)CN1CCc2ccccc21. The summed E-state index contributed by atoms with van der Waals surface area (Å²) in [5, 5.41) is 12.7. The van der Waals surface area contributed by atoms with Crippen molar-refractivity contribution in [2.24, 2.45) is 0 Å². The number of ether oxygens (including phenoxy) is 1. The molecule has 0 radical (unpaired) electrons. The highest BCUT2D eigenvalue weighted by atomic mass is 35.5. The van der Waals surface area contributed by atoms with E-state index in [1.54, 1.807) is 0 Å². The highest BCUT2D eigenvalue weighted by Crippen LogP contribution is 2.27. The van der Waals surface area contributed by atoms with Gasteiger partial charge in [-0.1, -0.05) is 48.5 Å². The van der Waals surface area contributed by atoms with E-state index in [9.17, 15) is 5.11 Å². The van der Waals surface area contributed by atoms with Crippen molar-refractivity contribution in [2.45, 2.75) is 12.5 Å². The Morgan fingerprint density at radius 2 is 1.72 bits per heavy atom. The van der Waals surface area contributed by atoms with Crippen LogP contribution < -0.4 is 9.64 Å². The van der Waals surface area contributed by atoms with Crippen LogP contribution in [0.3, 0.4) is 0 Å². The van der Waals surface area contributed by atoms with E-state index in [1.807, 2.05) is 30.3 Å². The number of β-amino-alcohol motifs (C(OH)–C–C–N with tert-alkyl or cyclic N) is 1. The van der Waals surface area contributed by atoms with E-state index in [1.165, 1.54) is 16.6 Å². The molecule has 0 bridgehead atoms. The lowest BCUT2D eigenvalue weighted by Gasteiger charge is -2.23. The van der Waals surface area contributed by atoms with Crippen molar-refractivity contribution in [2.75, 3.05) is 24.6 Å². The van der Waals surface area contributed by atoms with Gasteiger partial charge >= 0.3 is 0 Å². The molecule has 0 saturated heterocycles. The topological polar surface area (TPSA) is 32.7 Å². The van der Waals surface area contributed by atoms with Gasteiger partial charge in [-0.3, -0.25) is 0 Å². The van der Waals surface area contributed by atoms with E-state index in [0.29, 0.717) is 13.2 Å². The Labute approximate surface area is 154 Å². The minimum absolute atomic E-state index is 0. The standard InChI is InChI=1S/C21H21NO2.ClH/c23-19(14-22-12-11-17-6-3-4-8-21(17)22)15-24-20-10-9-16-5-1-2-7-18(16)13-20;/h1-10,13,19,23H,11-12,14-15H2;1H. The molecule has 3 nitrogen and oxygen atoms in total. The number of anilines is 1. The molecule has 1 N–H and O–H groups in total. The molecule has 3 aromatic rings. The third kappa shape index (κ3) is 3.89. The number of rotatable bonds is 5. The summed E-state index contributed by atoms with van der Waals surface area (Å²) in [6.45, 7) is 1.87. The minimum Gasteiger partial charge on any atom is -0.491 e. The lowest BCUT2D eigenvalue weighted by atomic mass is 10.1. The maximum atomic E-state index is 10.3. The first-order chi connectivity index (χ1) is 11.8. The molecule has 1 aliphatic rings. The summed E-state index contributed by atoms with van der Waals surface area (Å²) in [7, 11) is 0. The minimum atomic E-state index is -0.511. The van der Waals surface area contributed by atoms with Gasteiger partial charge in [-0.2, -0.15) is 0 Å². The summed E-state index contributed by atoms with van der Waals surface area (Å²) in [5.74, 6) is 0.801. The number of halogens is 1. The zero-order valence-corrected chi connectivity index (χ0v) is 14.8. The fourth-order valence-electron chi connectivity index (χ4n) is 3.35. The maximum Gasteiger partial charge on any atom is 0.120 e. The highest BCUT2D eigenvalue weighted by Gasteiger charge is 2.20. The molecule has 0 spiro atoms. The summed E-state index contributed by atoms with van der Waals surface area (Å²) in [5.41, 5.74) is 2.60. The van der Waals surface area contributed by atoms with Crippen LogP contribution in [-0.4, -0.2) is 30.9 Å².